The highest BCUT2D eigenvalue weighted by atomic mass is 19.1. The van der Waals surface area contributed by atoms with Gasteiger partial charge in [0, 0.05) is 5.57 Å². The molecular formula is C13H17F. The molecule has 0 unspecified atom stereocenters. The van der Waals surface area contributed by atoms with Gasteiger partial charge < -0.3 is 0 Å². The molecule has 0 heterocycles. The number of hydrogen-bond donors (Lipinski definition) is 0. The van der Waals surface area contributed by atoms with E-state index in [9.17, 15) is 4.39 Å². The van der Waals surface area contributed by atoms with Crippen LogP contribution in [0.25, 0.3) is 0 Å². The Hall–Kier alpha value is -1.29. The third-order valence-corrected chi connectivity index (χ3v) is 1.61. The van der Waals surface area contributed by atoms with Gasteiger partial charge in [0.25, 0.3) is 0 Å². The molecule has 0 aliphatic rings. The van der Waals surface area contributed by atoms with E-state index in [1.54, 1.807) is 13.0 Å². The summed E-state index contributed by atoms with van der Waals surface area (Å²) in [6.45, 7) is 12.8. The first-order valence-corrected chi connectivity index (χ1v) is 4.64. The standard InChI is InChI=1S/C13H17F/c1-6-7-11(4)9-13(12(5)14)8-10(2)3/h9-10H,4-5,8H2,1-3H3/b13-9-. The van der Waals surface area contributed by atoms with Gasteiger partial charge in [0.15, 0.2) is 0 Å². The van der Waals surface area contributed by atoms with Crippen LogP contribution in [0.2, 0.25) is 0 Å². The molecule has 0 spiro atoms. The van der Waals surface area contributed by atoms with Crippen LogP contribution in [0.3, 0.4) is 0 Å². The lowest BCUT2D eigenvalue weighted by Gasteiger charge is -2.07. The van der Waals surface area contributed by atoms with Crippen molar-refractivity contribution in [2.45, 2.75) is 27.2 Å². The molecule has 0 aromatic heterocycles. The summed E-state index contributed by atoms with van der Waals surface area (Å²) < 4.78 is 13.0. The highest BCUT2D eigenvalue weighted by Gasteiger charge is 2.04. The minimum absolute atomic E-state index is 0.391. The molecule has 0 bridgehead atoms. The second-order valence-electron chi connectivity index (χ2n) is 3.57. The summed E-state index contributed by atoms with van der Waals surface area (Å²) >= 11 is 0. The maximum Gasteiger partial charge on any atom is 0.119 e. The Balaban J connectivity index is 4.70. The van der Waals surface area contributed by atoms with Crippen molar-refractivity contribution in [3.8, 4) is 11.8 Å². The van der Waals surface area contributed by atoms with Gasteiger partial charge in [0.05, 0.1) is 0 Å². The van der Waals surface area contributed by atoms with Crippen LogP contribution < -0.4 is 0 Å². The molecule has 0 nitrogen and oxygen atoms in total. The van der Waals surface area contributed by atoms with Crippen molar-refractivity contribution in [2.24, 2.45) is 5.92 Å². The van der Waals surface area contributed by atoms with Gasteiger partial charge >= 0.3 is 0 Å². The fourth-order valence-electron chi connectivity index (χ4n) is 1.09. The van der Waals surface area contributed by atoms with E-state index < -0.39 is 5.83 Å². The summed E-state index contributed by atoms with van der Waals surface area (Å²) in [7, 11) is 0. The molecule has 0 saturated heterocycles. The molecule has 76 valence electrons. The maximum atomic E-state index is 13.0. The molecule has 1 heteroatoms. The topological polar surface area (TPSA) is 0 Å². The Morgan fingerprint density at radius 3 is 2.36 bits per heavy atom. The van der Waals surface area contributed by atoms with Crippen molar-refractivity contribution in [3.05, 3.63) is 36.2 Å². The second-order valence-corrected chi connectivity index (χ2v) is 3.57. The van der Waals surface area contributed by atoms with E-state index in [0.29, 0.717) is 23.5 Å². The van der Waals surface area contributed by atoms with Crippen molar-refractivity contribution in [3.63, 3.8) is 0 Å². The largest absolute Gasteiger partial charge is 0.207 e. The van der Waals surface area contributed by atoms with Crippen LogP contribution in [0.1, 0.15) is 27.2 Å². The zero-order valence-corrected chi connectivity index (χ0v) is 9.15. The lowest BCUT2D eigenvalue weighted by molar-refractivity contribution is 0.590. The maximum absolute atomic E-state index is 13.0. The van der Waals surface area contributed by atoms with Crippen molar-refractivity contribution < 1.29 is 4.39 Å². The van der Waals surface area contributed by atoms with Crippen LogP contribution in [0.4, 0.5) is 4.39 Å². The van der Waals surface area contributed by atoms with Crippen LogP contribution in [-0.2, 0) is 0 Å². The average Bonchev–Trinajstić information content (AvgIpc) is 2.02. The summed E-state index contributed by atoms with van der Waals surface area (Å²) in [6, 6.07) is 0. The van der Waals surface area contributed by atoms with Gasteiger partial charge in [-0.3, -0.25) is 0 Å². The van der Waals surface area contributed by atoms with Gasteiger partial charge in [-0.1, -0.05) is 32.9 Å². The van der Waals surface area contributed by atoms with E-state index in [2.05, 4.69) is 25.0 Å². The molecule has 0 atom stereocenters. The average molecular weight is 192 g/mol. The Kier molecular flexibility index (Phi) is 5.64. The normalized spacial score (nSPS) is 10.8. The molecule has 0 aliphatic heterocycles. The van der Waals surface area contributed by atoms with Crippen LogP contribution in [0.15, 0.2) is 36.2 Å². The predicted molar refractivity (Wildman–Crippen MR) is 60.4 cm³/mol. The smallest absolute Gasteiger partial charge is 0.119 e. The molecule has 14 heavy (non-hydrogen) atoms. The fraction of sp³-hybridized carbons (Fsp3) is 0.385. The van der Waals surface area contributed by atoms with E-state index in [4.69, 9.17) is 0 Å². The molecule has 0 fully saturated rings. The first-order chi connectivity index (χ1) is 6.47. The minimum atomic E-state index is -0.391. The molecule has 0 amide bonds. The Morgan fingerprint density at radius 1 is 1.43 bits per heavy atom. The number of rotatable bonds is 4. The van der Waals surface area contributed by atoms with Crippen LogP contribution >= 0.6 is 0 Å². The summed E-state index contributed by atoms with van der Waals surface area (Å²) in [6.07, 6.45) is 2.33. The van der Waals surface area contributed by atoms with E-state index in [-0.39, 0.29) is 0 Å². The molecule has 0 N–H and O–H groups in total. The molecular weight excluding hydrogens is 175 g/mol. The van der Waals surface area contributed by atoms with Gasteiger partial charge in [-0.2, -0.15) is 0 Å². The Bertz CT molecular complexity index is 308. The summed E-state index contributed by atoms with van der Waals surface area (Å²) in [4.78, 5) is 0. The lowest BCUT2D eigenvalue weighted by Crippen LogP contribution is -1.92. The number of allylic oxidation sites excluding steroid dienone is 4. The van der Waals surface area contributed by atoms with Crippen molar-refractivity contribution in [1.29, 1.82) is 0 Å². The zero-order chi connectivity index (χ0) is 11.1. The van der Waals surface area contributed by atoms with E-state index in [0.717, 1.165) is 0 Å². The minimum Gasteiger partial charge on any atom is -0.207 e. The van der Waals surface area contributed by atoms with Crippen molar-refractivity contribution >= 4 is 0 Å². The SMILES string of the molecule is C=C(C#CC)/C=C(/CC(C)C)C(=C)F. The number of hydrogen-bond acceptors (Lipinski definition) is 0. The number of halogens is 1. The molecule has 0 saturated carbocycles. The first kappa shape index (κ1) is 12.7. The third kappa shape index (κ3) is 5.37. The second kappa shape index (κ2) is 6.21. The van der Waals surface area contributed by atoms with Gasteiger partial charge in [0.1, 0.15) is 5.83 Å². The summed E-state index contributed by atoms with van der Waals surface area (Å²) in [5, 5.41) is 0. The monoisotopic (exact) mass is 192 g/mol. The van der Waals surface area contributed by atoms with Gasteiger partial charge in [-0.15, -0.1) is 5.92 Å². The molecule has 0 rings (SSSR count). The quantitative estimate of drug-likeness (QED) is 0.466. The van der Waals surface area contributed by atoms with Crippen molar-refractivity contribution in [2.75, 3.05) is 0 Å². The molecule has 0 aromatic rings. The highest BCUT2D eigenvalue weighted by Crippen LogP contribution is 2.20. The Labute approximate surface area is 86.2 Å². The zero-order valence-electron chi connectivity index (χ0n) is 9.15. The molecule has 0 radical (unpaired) electrons. The van der Waals surface area contributed by atoms with Gasteiger partial charge in [-0.05, 0) is 30.9 Å². The first-order valence-electron chi connectivity index (χ1n) is 4.64. The predicted octanol–water partition coefficient (Wildman–Crippen LogP) is 4.02. The van der Waals surface area contributed by atoms with E-state index >= 15 is 0 Å². The lowest BCUT2D eigenvalue weighted by atomic mass is 10.0. The van der Waals surface area contributed by atoms with Crippen LogP contribution in [0.5, 0.6) is 0 Å². The fourth-order valence-corrected chi connectivity index (χ4v) is 1.09. The third-order valence-electron chi connectivity index (χ3n) is 1.61. The Morgan fingerprint density at radius 2 is 2.00 bits per heavy atom. The van der Waals surface area contributed by atoms with E-state index in [1.807, 2.05) is 13.8 Å². The van der Waals surface area contributed by atoms with E-state index in [1.165, 1.54) is 0 Å². The molecule has 0 aromatic carbocycles. The van der Waals surface area contributed by atoms with Gasteiger partial charge in [-0.25, -0.2) is 4.39 Å². The van der Waals surface area contributed by atoms with Crippen LogP contribution in [-0.4, -0.2) is 0 Å². The summed E-state index contributed by atoms with van der Waals surface area (Å²) in [5.74, 6) is 5.50. The van der Waals surface area contributed by atoms with Crippen molar-refractivity contribution in [1.82, 2.24) is 0 Å². The summed E-state index contributed by atoms with van der Waals surface area (Å²) in [5.41, 5.74) is 1.22. The van der Waals surface area contributed by atoms with Gasteiger partial charge in [0.2, 0.25) is 0 Å². The van der Waals surface area contributed by atoms with Crippen LogP contribution in [0, 0.1) is 17.8 Å². The molecule has 0 aliphatic carbocycles. The highest BCUT2D eigenvalue weighted by molar-refractivity contribution is 5.41.